The third-order valence-corrected chi connectivity index (χ3v) is 5.71. The maximum Gasteiger partial charge on any atom is 0.407 e. The first kappa shape index (κ1) is 28.5. The van der Waals surface area contributed by atoms with Crippen molar-refractivity contribution in [1.82, 2.24) is 15.5 Å². The van der Waals surface area contributed by atoms with Crippen molar-refractivity contribution in [2.75, 3.05) is 45.6 Å². The third kappa shape index (κ3) is 10.2. The van der Waals surface area contributed by atoms with Crippen LogP contribution >= 0.6 is 11.6 Å². The van der Waals surface area contributed by atoms with Gasteiger partial charge in [0.2, 0.25) is 5.91 Å². The van der Waals surface area contributed by atoms with E-state index in [4.69, 9.17) is 31.5 Å². The number of anilines is 1. The van der Waals surface area contributed by atoms with Crippen molar-refractivity contribution in [1.29, 1.82) is 0 Å². The average Bonchev–Trinajstić information content (AvgIpc) is 2.78. The Balaban J connectivity index is 1.61. The number of rotatable bonds is 10. The molecule has 1 fully saturated rings. The number of ether oxygens (including phenoxy) is 3. The summed E-state index contributed by atoms with van der Waals surface area (Å²) in [6.45, 7) is 8.18. The standard InChI is InChI=1S/C24H37ClN4O6/c1-24(2,3)35-23(32)27-9-5-6-21(30)28-16-7-10-29(11-8-16)12-13-34-22(31)17-14-18(25)19(26)15-20(17)33-4/h14-16H,5-13,26H2,1-4H3,(H,27,32)(H,28,30). The minimum absolute atomic E-state index is 0.0283. The fourth-order valence-corrected chi connectivity index (χ4v) is 3.76. The molecular weight excluding hydrogens is 476 g/mol. The van der Waals surface area contributed by atoms with Crippen molar-refractivity contribution in [2.45, 2.75) is 58.1 Å². The van der Waals surface area contributed by atoms with E-state index in [1.54, 1.807) is 20.8 Å². The van der Waals surface area contributed by atoms with E-state index in [0.29, 0.717) is 37.4 Å². The monoisotopic (exact) mass is 512 g/mol. The number of nitrogen functional groups attached to an aromatic ring is 1. The maximum absolute atomic E-state index is 12.4. The molecule has 11 heteroatoms. The number of halogens is 1. The highest BCUT2D eigenvalue weighted by Gasteiger charge is 2.22. The van der Waals surface area contributed by atoms with Gasteiger partial charge in [-0.25, -0.2) is 9.59 Å². The molecule has 35 heavy (non-hydrogen) atoms. The van der Waals surface area contributed by atoms with E-state index in [1.165, 1.54) is 19.2 Å². The summed E-state index contributed by atoms with van der Waals surface area (Å²) in [6.07, 6.45) is 2.03. The van der Waals surface area contributed by atoms with Gasteiger partial charge >= 0.3 is 12.1 Å². The number of alkyl carbamates (subject to hydrolysis) is 1. The molecule has 1 heterocycles. The molecule has 0 spiro atoms. The average molecular weight is 513 g/mol. The van der Waals surface area contributed by atoms with Crippen molar-refractivity contribution >= 4 is 35.3 Å². The molecule has 0 saturated carbocycles. The number of methoxy groups -OCH3 is 1. The highest BCUT2D eigenvalue weighted by Crippen LogP contribution is 2.29. The lowest BCUT2D eigenvalue weighted by molar-refractivity contribution is -0.122. The first-order chi connectivity index (χ1) is 16.5. The lowest BCUT2D eigenvalue weighted by Crippen LogP contribution is -2.45. The number of piperidine rings is 1. The predicted molar refractivity (Wildman–Crippen MR) is 134 cm³/mol. The second-order valence-electron chi connectivity index (χ2n) is 9.43. The lowest BCUT2D eigenvalue weighted by Gasteiger charge is -2.32. The number of carbonyl (C=O) groups is 3. The van der Waals surface area contributed by atoms with Gasteiger partial charge in [-0.3, -0.25) is 9.69 Å². The number of nitrogens with zero attached hydrogens (tertiary/aromatic N) is 1. The Kier molecular flexibility index (Phi) is 10.9. The molecule has 0 atom stereocenters. The van der Waals surface area contributed by atoms with Crippen LogP contribution in [0.15, 0.2) is 12.1 Å². The number of hydrogen-bond donors (Lipinski definition) is 3. The summed E-state index contributed by atoms with van der Waals surface area (Å²) in [7, 11) is 1.45. The third-order valence-electron chi connectivity index (χ3n) is 5.38. The Morgan fingerprint density at radius 3 is 2.51 bits per heavy atom. The molecule has 196 valence electrons. The van der Waals surface area contributed by atoms with Crippen LogP contribution in [0.2, 0.25) is 5.02 Å². The van der Waals surface area contributed by atoms with Gasteiger partial charge in [0.05, 0.1) is 17.8 Å². The molecule has 0 radical (unpaired) electrons. The van der Waals surface area contributed by atoms with Crippen LogP contribution < -0.4 is 21.1 Å². The van der Waals surface area contributed by atoms with Crippen molar-refractivity contribution in [3.05, 3.63) is 22.7 Å². The van der Waals surface area contributed by atoms with E-state index >= 15 is 0 Å². The fraction of sp³-hybridized carbons (Fsp3) is 0.625. The Bertz CT molecular complexity index is 882. The van der Waals surface area contributed by atoms with Gasteiger partial charge in [-0.1, -0.05) is 11.6 Å². The van der Waals surface area contributed by atoms with Crippen LogP contribution in [0.5, 0.6) is 5.75 Å². The smallest absolute Gasteiger partial charge is 0.407 e. The van der Waals surface area contributed by atoms with Gasteiger partial charge in [0.15, 0.2) is 0 Å². The minimum atomic E-state index is -0.545. The fourth-order valence-electron chi connectivity index (χ4n) is 3.60. The van der Waals surface area contributed by atoms with Crippen LogP contribution in [0.1, 0.15) is 56.8 Å². The zero-order valence-electron chi connectivity index (χ0n) is 20.9. The Labute approximate surface area is 211 Å². The van der Waals surface area contributed by atoms with E-state index in [1.807, 2.05) is 0 Å². The number of nitrogens with one attached hydrogen (secondary N) is 2. The van der Waals surface area contributed by atoms with Crippen LogP contribution in [0, 0.1) is 0 Å². The number of likely N-dealkylation sites (tertiary alicyclic amines) is 1. The number of benzene rings is 1. The predicted octanol–water partition coefficient (Wildman–Crippen LogP) is 2.97. The molecule has 1 aromatic carbocycles. The minimum Gasteiger partial charge on any atom is -0.496 e. The largest absolute Gasteiger partial charge is 0.496 e. The van der Waals surface area contributed by atoms with Gasteiger partial charge in [-0.15, -0.1) is 0 Å². The topological polar surface area (TPSA) is 132 Å². The normalized spacial score (nSPS) is 14.8. The molecule has 0 aliphatic carbocycles. The zero-order chi connectivity index (χ0) is 26.0. The first-order valence-electron chi connectivity index (χ1n) is 11.8. The highest BCUT2D eigenvalue weighted by molar-refractivity contribution is 6.33. The second-order valence-corrected chi connectivity index (χ2v) is 9.83. The van der Waals surface area contributed by atoms with E-state index in [9.17, 15) is 14.4 Å². The molecule has 1 aromatic rings. The van der Waals surface area contributed by atoms with E-state index < -0.39 is 17.7 Å². The number of hydrogen-bond acceptors (Lipinski definition) is 8. The summed E-state index contributed by atoms with van der Waals surface area (Å²) in [6, 6.07) is 3.05. The summed E-state index contributed by atoms with van der Waals surface area (Å²) in [5.41, 5.74) is 5.76. The maximum atomic E-state index is 12.4. The molecule has 4 N–H and O–H groups in total. The van der Waals surface area contributed by atoms with Crippen LogP contribution in [0.4, 0.5) is 10.5 Å². The SMILES string of the molecule is COc1cc(N)c(Cl)cc1C(=O)OCCN1CCC(NC(=O)CCCNC(=O)OC(C)(C)C)CC1. The number of esters is 1. The van der Waals surface area contributed by atoms with Crippen LogP contribution in [0.25, 0.3) is 0 Å². The molecule has 1 aliphatic rings. The molecule has 1 saturated heterocycles. The van der Waals surface area contributed by atoms with Crippen molar-refractivity contribution < 1.29 is 28.6 Å². The molecule has 2 amide bonds. The lowest BCUT2D eigenvalue weighted by atomic mass is 10.0. The van der Waals surface area contributed by atoms with Crippen LogP contribution in [-0.2, 0) is 14.3 Å². The van der Waals surface area contributed by atoms with Crippen LogP contribution in [0.3, 0.4) is 0 Å². The molecule has 10 nitrogen and oxygen atoms in total. The van der Waals surface area contributed by atoms with Gasteiger partial charge < -0.3 is 30.6 Å². The molecule has 0 bridgehead atoms. The molecule has 1 aliphatic heterocycles. The van der Waals surface area contributed by atoms with E-state index in [2.05, 4.69) is 15.5 Å². The number of amides is 2. The Morgan fingerprint density at radius 1 is 1.20 bits per heavy atom. The Hall–Kier alpha value is -2.72. The molecular formula is C24H37ClN4O6. The van der Waals surface area contributed by atoms with Crippen molar-refractivity contribution in [3.8, 4) is 5.75 Å². The zero-order valence-corrected chi connectivity index (χ0v) is 21.7. The quantitative estimate of drug-likeness (QED) is 0.247. The summed E-state index contributed by atoms with van der Waals surface area (Å²) in [5.74, 6) is -0.236. The molecule has 0 unspecified atom stereocenters. The summed E-state index contributed by atoms with van der Waals surface area (Å²) in [5, 5.41) is 5.97. The van der Waals surface area contributed by atoms with Gasteiger partial charge in [0, 0.05) is 44.7 Å². The van der Waals surface area contributed by atoms with E-state index in [-0.39, 0.29) is 29.1 Å². The number of carbonyl (C=O) groups excluding carboxylic acids is 3. The van der Waals surface area contributed by atoms with Gasteiger partial charge in [-0.05, 0) is 46.1 Å². The van der Waals surface area contributed by atoms with E-state index in [0.717, 1.165) is 25.9 Å². The van der Waals surface area contributed by atoms with Crippen LogP contribution in [-0.4, -0.2) is 74.4 Å². The highest BCUT2D eigenvalue weighted by atomic mass is 35.5. The summed E-state index contributed by atoms with van der Waals surface area (Å²) >= 11 is 6.01. The van der Waals surface area contributed by atoms with Gasteiger partial charge in [0.25, 0.3) is 0 Å². The molecule has 0 aromatic heterocycles. The van der Waals surface area contributed by atoms with Gasteiger partial charge in [-0.2, -0.15) is 0 Å². The number of nitrogens with two attached hydrogens (primary N) is 1. The van der Waals surface area contributed by atoms with Gasteiger partial charge in [0.1, 0.15) is 23.5 Å². The van der Waals surface area contributed by atoms with Crippen molar-refractivity contribution in [2.24, 2.45) is 0 Å². The Morgan fingerprint density at radius 2 is 1.89 bits per heavy atom. The second kappa shape index (κ2) is 13.4. The first-order valence-corrected chi connectivity index (χ1v) is 12.1. The summed E-state index contributed by atoms with van der Waals surface area (Å²) < 4.78 is 15.7. The molecule has 2 rings (SSSR count). The summed E-state index contributed by atoms with van der Waals surface area (Å²) in [4.78, 5) is 38.4. The van der Waals surface area contributed by atoms with Crippen molar-refractivity contribution in [3.63, 3.8) is 0 Å².